The minimum atomic E-state index is -1.24. The van der Waals surface area contributed by atoms with Gasteiger partial charge in [-0.3, -0.25) is 14.4 Å². The third-order valence-electron chi connectivity index (χ3n) is 4.71. The lowest BCUT2D eigenvalue weighted by molar-refractivity contribution is -0.138. The number of rotatable bonds is 6. The maximum Gasteiger partial charge on any atom is 0.322 e. The van der Waals surface area contributed by atoms with Gasteiger partial charge >= 0.3 is 5.97 Å². The van der Waals surface area contributed by atoms with Crippen LogP contribution < -0.4 is 5.32 Å². The third kappa shape index (κ3) is 3.84. The van der Waals surface area contributed by atoms with Crippen molar-refractivity contribution in [3.05, 3.63) is 47.0 Å². The summed E-state index contributed by atoms with van der Waals surface area (Å²) < 4.78 is 13.0. The highest BCUT2D eigenvalue weighted by molar-refractivity contribution is 6.19. The highest BCUT2D eigenvalue weighted by atomic mass is 19.1. The molecule has 0 spiro atoms. The van der Waals surface area contributed by atoms with E-state index in [4.69, 9.17) is 5.11 Å². The molecule has 1 aliphatic heterocycles. The Morgan fingerprint density at radius 1 is 1.27 bits per heavy atom. The number of hydrogen-bond donors (Lipinski definition) is 3. The lowest BCUT2D eigenvalue weighted by Gasteiger charge is -2.28. The molecular weight excluding hydrogens is 343 g/mol. The molecule has 0 aromatic heterocycles. The van der Waals surface area contributed by atoms with Gasteiger partial charge in [0.05, 0.1) is 0 Å². The molecular formula is C18H19FN2O5. The van der Waals surface area contributed by atoms with Gasteiger partial charge in [0.15, 0.2) is 0 Å². The van der Waals surface area contributed by atoms with Crippen LogP contribution in [0, 0.1) is 11.7 Å². The van der Waals surface area contributed by atoms with E-state index in [1.165, 1.54) is 17.0 Å². The first-order valence-electron chi connectivity index (χ1n) is 8.33. The standard InChI is InChI=1S/C18H19FN2O5/c19-12-3-1-10(2-4-12)13-7-11(13)9-21-6-5-14(22)16(18(21)26)17(25)20-8-15(23)24/h1-4,11,13,22H,5-9H2,(H,20,25)(H,23,24)/t11-,13-/m1/s1. The number of benzene rings is 1. The fourth-order valence-corrected chi connectivity index (χ4v) is 3.25. The molecule has 1 aliphatic carbocycles. The number of aliphatic carboxylic acids is 1. The van der Waals surface area contributed by atoms with Gasteiger partial charge in [0, 0.05) is 19.5 Å². The summed E-state index contributed by atoms with van der Waals surface area (Å²) >= 11 is 0. The second-order valence-corrected chi connectivity index (χ2v) is 6.55. The number of aliphatic hydroxyl groups is 1. The zero-order valence-electron chi connectivity index (χ0n) is 13.9. The summed E-state index contributed by atoms with van der Waals surface area (Å²) in [6, 6.07) is 6.27. The number of carbonyl (C=O) groups is 3. The van der Waals surface area contributed by atoms with Gasteiger partial charge in [0.25, 0.3) is 11.8 Å². The lowest BCUT2D eigenvalue weighted by atomic mass is 10.0. The van der Waals surface area contributed by atoms with E-state index in [9.17, 15) is 23.9 Å². The minimum Gasteiger partial charge on any atom is -0.511 e. The molecule has 1 saturated carbocycles. The first kappa shape index (κ1) is 17.9. The highest BCUT2D eigenvalue weighted by Gasteiger charge is 2.42. The number of carboxylic acid groups (broad SMARTS) is 1. The molecule has 1 aromatic carbocycles. The van der Waals surface area contributed by atoms with Crippen molar-refractivity contribution in [1.82, 2.24) is 10.2 Å². The van der Waals surface area contributed by atoms with E-state index in [2.05, 4.69) is 5.32 Å². The molecule has 0 bridgehead atoms. The quantitative estimate of drug-likeness (QED) is 0.659. The van der Waals surface area contributed by atoms with Crippen LogP contribution in [0.3, 0.4) is 0 Å². The number of amides is 2. The second-order valence-electron chi connectivity index (χ2n) is 6.55. The van der Waals surface area contributed by atoms with E-state index in [0.29, 0.717) is 13.1 Å². The molecule has 8 heteroatoms. The predicted octanol–water partition coefficient (Wildman–Crippen LogP) is 1.17. The number of carboxylic acids is 1. The Morgan fingerprint density at radius 3 is 2.62 bits per heavy atom. The van der Waals surface area contributed by atoms with E-state index >= 15 is 0 Å². The fourth-order valence-electron chi connectivity index (χ4n) is 3.25. The molecule has 3 rings (SSSR count). The Morgan fingerprint density at radius 2 is 1.96 bits per heavy atom. The van der Waals surface area contributed by atoms with Crippen molar-refractivity contribution >= 4 is 17.8 Å². The smallest absolute Gasteiger partial charge is 0.322 e. The van der Waals surface area contributed by atoms with Crippen molar-refractivity contribution in [3.63, 3.8) is 0 Å². The molecule has 0 unspecified atom stereocenters. The summed E-state index contributed by atoms with van der Waals surface area (Å²) in [5.74, 6) is -2.87. The largest absolute Gasteiger partial charge is 0.511 e. The van der Waals surface area contributed by atoms with Gasteiger partial charge in [-0.25, -0.2) is 4.39 Å². The second kappa shape index (κ2) is 7.15. The van der Waals surface area contributed by atoms with Gasteiger partial charge in [0.2, 0.25) is 0 Å². The van der Waals surface area contributed by atoms with Gasteiger partial charge in [-0.05, 0) is 36.0 Å². The van der Waals surface area contributed by atoms with Crippen LogP contribution in [0.5, 0.6) is 0 Å². The molecule has 7 nitrogen and oxygen atoms in total. The Balaban J connectivity index is 1.62. The Labute approximate surface area is 149 Å². The van der Waals surface area contributed by atoms with Gasteiger partial charge in [0.1, 0.15) is 23.7 Å². The molecule has 0 saturated heterocycles. The summed E-state index contributed by atoms with van der Waals surface area (Å²) in [5.41, 5.74) is 0.621. The van der Waals surface area contributed by atoms with Crippen LogP contribution in [0.2, 0.25) is 0 Å². The van der Waals surface area contributed by atoms with E-state index in [1.807, 2.05) is 0 Å². The van der Waals surface area contributed by atoms with Crippen molar-refractivity contribution in [2.24, 2.45) is 5.92 Å². The first-order valence-corrected chi connectivity index (χ1v) is 8.33. The molecule has 1 aromatic rings. The minimum absolute atomic E-state index is 0.148. The van der Waals surface area contributed by atoms with Crippen LogP contribution in [0.15, 0.2) is 35.6 Å². The summed E-state index contributed by atoms with van der Waals surface area (Å²) in [5, 5.41) is 20.6. The number of nitrogens with one attached hydrogen (secondary N) is 1. The number of nitrogens with zero attached hydrogens (tertiary/aromatic N) is 1. The Hall–Kier alpha value is -2.90. The van der Waals surface area contributed by atoms with E-state index in [-0.39, 0.29) is 29.8 Å². The number of halogens is 1. The molecule has 1 fully saturated rings. The summed E-state index contributed by atoms with van der Waals surface area (Å²) in [4.78, 5) is 36.6. The van der Waals surface area contributed by atoms with E-state index in [1.54, 1.807) is 12.1 Å². The van der Waals surface area contributed by atoms with Gasteiger partial charge < -0.3 is 20.4 Å². The normalized spacial score (nSPS) is 22.3. The van der Waals surface area contributed by atoms with Crippen molar-refractivity contribution in [2.45, 2.75) is 18.8 Å². The van der Waals surface area contributed by atoms with E-state index in [0.717, 1.165) is 12.0 Å². The van der Waals surface area contributed by atoms with Gasteiger partial charge in [-0.15, -0.1) is 0 Å². The number of carbonyl (C=O) groups excluding carboxylic acids is 2. The summed E-state index contributed by atoms with van der Waals surface area (Å²) in [7, 11) is 0. The van der Waals surface area contributed by atoms with Gasteiger partial charge in [-0.2, -0.15) is 0 Å². The Bertz CT molecular complexity index is 774. The maximum absolute atomic E-state index is 13.0. The van der Waals surface area contributed by atoms with Crippen LogP contribution in [0.1, 0.15) is 24.3 Å². The molecule has 138 valence electrons. The zero-order chi connectivity index (χ0) is 18.8. The van der Waals surface area contributed by atoms with Crippen molar-refractivity contribution < 1.29 is 29.0 Å². The Kier molecular flexibility index (Phi) is 4.92. The molecule has 3 N–H and O–H groups in total. The first-order chi connectivity index (χ1) is 12.4. The topological polar surface area (TPSA) is 107 Å². The van der Waals surface area contributed by atoms with Crippen LogP contribution in [-0.2, 0) is 14.4 Å². The van der Waals surface area contributed by atoms with Crippen LogP contribution >= 0.6 is 0 Å². The zero-order valence-corrected chi connectivity index (χ0v) is 13.9. The number of hydrogen-bond acceptors (Lipinski definition) is 4. The summed E-state index contributed by atoms with van der Waals surface area (Å²) in [6.45, 7) is 0.106. The maximum atomic E-state index is 13.0. The van der Waals surface area contributed by atoms with Crippen LogP contribution in [-0.4, -0.2) is 52.5 Å². The highest BCUT2D eigenvalue weighted by Crippen LogP contribution is 2.48. The molecule has 2 aliphatic rings. The molecule has 2 atom stereocenters. The lowest BCUT2D eigenvalue weighted by Crippen LogP contribution is -2.44. The van der Waals surface area contributed by atoms with Crippen molar-refractivity contribution in [3.8, 4) is 0 Å². The molecule has 26 heavy (non-hydrogen) atoms. The number of aliphatic hydroxyl groups excluding tert-OH is 1. The van der Waals surface area contributed by atoms with E-state index < -0.39 is 29.9 Å². The molecule has 0 radical (unpaired) electrons. The summed E-state index contributed by atoms with van der Waals surface area (Å²) in [6.07, 6.45) is 1.02. The van der Waals surface area contributed by atoms with Gasteiger partial charge in [-0.1, -0.05) is 12.1 Å². The monoisotopic (exact) mass is 362 g/mol. The van der Waals surface area contributed by atoms with Crippen LogP contribution in [0.25, 0.3) is 0 Å². The fraction of sp³-hybridized carbons (Fsp3) is 0.389. The van der Waals surface area contributed by atoms with Crippen molar-refractivity contribution in [1.29, 1.82) is 0 Å². The predicted molar refractivity (Wildman–Crippen MR) is 88.7 cm³/mol. The van der Waals surface area contributed by atoms with Crippen LogP contribution in [0.4, 0.5) is 4.39 Å². The third-order valence-corrected chi connectivity index (χ3v) is 4.71. The van der Waals surface area contributed by atoms with Crippen molar-refractivity contribution in [2.75, 3.05) is 19.6 Å². The SMILES string of the molecule is O=C(O)CNC(=O)C1=C(O)CCN(C[C@H]2C[C@@H]2c2ccc(F)cc2)C1=O. The molecule has 2 amide bonds. The average Bonchev–Trinajstić information content (AvgIpc) is 3.35. The molecule has 1 heterocycles. The average molecular weight is 362 g/mol.